The lowest BCUT2D eigenvalue weighted by atomic mass is 9.97. The number of nitrogens with one attached hydrogen (secondary N) is 1. The minimum Gasteiger partial charge on any atom is -0.465 e. The first-order chi connectivity index (χ1) is 10.1. The van der Waals surface area contributed by atoms with Crippen molar-refractivity contribution in [1.29, 1.82) is 0 Å². The Bertz CT molecular complexity index is 621. The summed E-state index contributed by atoms with van der Waals surface area (Å²) in [6.07, 6.45) is 4.57. The molecule has 3 rings (SSSR count). The number of fused-ring (bicyclic) bond motifs is 1. The predicted molar refractivity (Wildman–Crippen MR) is 77.1 cm³/mol. The molecule has 1 aromatic rings. The van der Waals surface area contributed by atoms with Crippen LogP contribution in [0, 0.1) is 0 Å². The molecule has 1 amide bonds. The predicted octanol–water partition coefficient (Wildman–Crippen LogP) is 3.12. The molecule has 110 valence electrons. The van der Waals surface area contributed by atoms with Gasteiger partial charge < -0.3 is 15.2 Å². The van der Waals surface area contributed by atoms with E-state index < -0.39 is 6.09 Å². The van der Waals surface area contributed by atoms with E-state index in [0.29, 0.717) is 12.0 Å². The number of carboxylic acid groups (broad SMARTS) is 1. The fraction of sp³-hybridized carbons (Fsp3) is 0.375. The molecule has 5 nitrogen and oxygen atoms in total. The molecule has 0 spiro atoms. The first kappa shape index (κ1) is 13.7. The van der Waals surface area contributed by atoms with E-state index in [1.165, 1.54) is 12.0 Å². The molecule has 2 N–H and O–H groups in total. The van der Waals surface area contributed by atoms with E-state index in [2.05, 4.69) is 11.4 Å². The summed E-state index contributed by atoms with van der Waals surface area (Å²) in [7, 11) is 0. The molecule has 1 aliphatic carbocycles. The van der Waals surface area contributed by atoms with Crippen molar-refractivity contribution >= 4 is 17.6 Å². The number of esters is 1. The van der Waals surface area contributed by atoms with Crippen LogP contribution in [0.3, 0.4) is 0 Å². The van der Waals surface area contributed by atoms with Crippen LogP contribution < -0.4 is 5.32 Å². The maximum absolute atomic E-state index is 12.0. The van der Waals surface area contributed by atoms with Crippen molar-refractivity contribution in [2.45, 2.75) is 31.8 Å². The van der Waals surface area contributed by atoms with Gasteiger partial charge >= 0.3 is 12.1 Å². The van der Waals surface area contributed by atoms with Crippen LogP contribution in [-0.4, -0.2) is 23.7 Å². The summed E-state index contributed by atoms with van der Waals surface area (Å²) in [4.78, 5) is 22.4. The zero-order valence-electron chi connectivity index (χ0n) is 11.6. The molecule has 1 aromatic carbocycles. The second-order valence-electron chi connectivity index (χ2n) is 5.34. The van der Waals surface area contributed by atoms with Crippen LogP contribution in [0.5, 0.6) is 0 Å². The van der Waals surface area contributed by atoms with Gasteiger partial charge in [0.15, 0.2) is 0 Å². The fourth-order valence-corrected chi connectivity index (χ4v) is 2.93. The van der Waals surface area contributed by atoms with Crippen LogP contribution in [0.25, 0.3) is 5.57 Å². The van der Waals surface area contributed by atoms with Gasteiger partial charge in [-0.15, -0.1) is 0 Å². The Labute approximate surface area is 122 Å². The van der Waals surface area contributed by atoms with Crippen LogP contribution >= 0.6 is 0 Å². The number of benzene rings is 1. The van der Waals surface area contributed by atoms with Gasteiger partial charge in [-0.2, -0.15) is 0 Å². The lowest BCUT2D eigenvalue weighted by Crippen LogP contribution is -2.23. The van der Waals surface area contributed by atoms with E-state index in [-0.39, 0.29) is 18.6 Å². The Morgan fingerprint density at radius 3 is 3.00 bits per heavy atom. The number of ether oxygens (including phenoxy) is 1. The van der Waals surface area contributed by atoms with Crippen molar-refractivity contribution in [1.82, 2.24) is 5.32 Å². The smallest absolute Gasteiger partial charge is 0.404 e. The van der Waals surface area contributed by atoms with Gasteiger partial charge in [-0.25, -0.2) is 9.59 Å². The summed E-state index contributed by atoms with van der Waals surface area (Å²) in [6.45, 7) is 0.264. The Morgan fingerprint density at radius 1 is 1.43 bits per heavy atom. The Kier molecular flexibility index (Phi) is 3.64. The van der Waals surface area contributed by atoms with E-state index >= 15 is 0 Å². The molecular formula is C16H17NO4. The van der Waals surface area contributed by atoms with Crippen LogP contribution in [0.1, 0.15) is 53.3 Å². The highest BCUT2D eigenvalue weighted by Crippen LogP contribution is 2.36. The van der Waals surface area contributed by atoms with Crippen molar-refractivity contribution in [2.24, 2.45) is 0 Å². The van der Waals surface area contributed by atoms with Crippen molar-refractivity contribution in [2.75, 3.05) is 6.54 Å². The Hall–Kier alpha value is -2.30. The summed E-state index contributed by atoms with van der Waals surface area (Å²) < 4.78 is 5.34. The minimum atomic E-state index is -1.07. The fourth-order valence-electron chi connectivity index (χ4n) is 2.93. The summed E-state index contributed by atoms with van der Waals surface area (Å²) in [5.41, 5.74) is 3.85. The average Bonchev–Trinajstić information content (AvgIpc) is 3.08. The first-order valence-corrected chi connectivity index (χ1v) is 7.16. The highest BCUT2D eigenvalue weighted by atomic mass is 16.5. The lowest BCUT2D eigenvalue weighted by molar-refractivity contribution is 0.0370. The number of cyclic esters (lactones) is 1. The zero-order chi connectivity index (χ0) is 14.8. The van der Waals surface area contributed by atoms with E-state index in [1.807, 2.05) is 18.2 Å². The van der Waals surface area contributed by atoms with Gasteiger partial charge in [0.2, 0.25) is 0 Å². The second-order valence-corrected chi connectivity index (χ2v) is 5.34. The monoisotopic (exact) mass is 287 g/mol. The summed E-state index contributed by atoms with van der Waals surface area (Å²) in [5, 5.41) is 10.9. The van der Waals surface area contributed by atoms with E-state index in [4.69, 9.17) is 9.84 Å². The van der Waals surface area contributed by atoms with Crippen molar-refractivity contribution in [3.8, 4) is 0 Å². The van der Waals surface area contributed by atoms with Crippen LogP contribution in [0.4, 0.5) is 4.79 Å². The molecular weight excluding hydrogens is 270 g/mol. The van der Waals surface area contributed by atoms with E-state index in [0.717, 1.165) is 24.0 Å². The summed E-state index contributed by atoms with van der Waals surface area (Å²) in [5.74, 6) is -0.314. The van der Waals surface area contributed by atoms with Gasteiger partial charge in [-0.05, 0) is 36.5 Å². The van der Waals surface area contributed by atoms with Gasteiger partial charge in [0.05, 0.1) is 5.56 Å². The van der Waals surface area contributed by atoms with E-state index in [1.54, 1.807) is 0 Å². The molecule has 5 heteroatoms. The number of hydrogen-bond donors (Lipinski definition) is 2. The Morgan fingerprint density at radius 2 is 2.29 bits per heavy atom. The molecule has 1 aliphatic heterocycles. The number of rotatable bonds is 4. The lowest BCUT2D eigenvalue weighted by Gasteiger charge is -2.10. The molecule has 0 fully saturated rings. The molecule has 0 aromatic heterocycles. The standard InChI is InChI=1S/C16H17NO4/c18-15-13-9-11(10-3-1-2-4-10)5-6-12(13)14(21-15)7-8-17-16(19)20/h3,5-6,9,14,17H,1-2,4,7-8H2,(H,19,20). The number of hydrogen-bond acceptors (Lipinski definition) is 3. The summed E-state index contributed by atoms with van der Waals surface area (Å²) in [6, 6.07) is 5.86. The SMILES string of the molecule is O=C(O)NCCC1OC(=O)c2cc(C3=CCCC3)ccc21. The molecule has 1 heterocycles. The Balaban J connectivity index is 1.77. The third-order valence-electron chi connectivity index (χ3n) is 3.96. The van der Waals surface area contributed by atoms with Crippen LogP contribution in [0.2, 0.25) is 0 Å². The van der Waals surface area contributed by atoms with Gasteiger partial charge in [0, 0.05) is 18.5 Å². The van der Waals surface area contributed by atoms with Crippen molar-refractivity contribution in [3.63, 3.8) is 0 Å². The van der Waals surface area contributed by atoms with E-state index in [9.17, 15) is 9.59 Å². The second kappa shape index (κ2) is 5.60. The summed E-state index contributed by atoms with van der Waals surface area (Å²) >= 11 is 0. The minimum absolute atomic E-state index is 0.264. The molecule has 2 aliphatic rings. The molecule has 0 saturated heterocycles. The number of carbonyl (C=O) groups excluding carboxylic acids is 1. The van der Waals surface area contributed by atoms with Crippen LogP contribution in [0.15, 0.2) is 24.3 Å². The molecule has 0 saturated carbocycles. The molecule has 1 atom stereocenters. The first-order valence-electron chi connectivity index (χ1n) is 7.16. The third-order valence-corrected chi connectivity index (χ3v) is 3.96. The number of allylic oxidation sites excluding steroid dienone is 2. The molecule has 21 heavy (non-hydrogen) atoms. The molecule has 0 bridgehead atoms. The largest absolute Gasteiger partial charge is 0.465 e. The van der Waals surface area contributed by atoms with Gasteiger partial charge in [-0.1, -0.05) is 18.2 Å². The maximum Gasteiger partial charge on any atom is 0.404 e. The van der Waals surface area contributed by atoms with Gasteiger partial charge in [0.25, 0.3) is 0 Å². The van der Waals surface area contributed by atoms with Gasteiger partial charge in [-0.3, -0.25) is 0 Å². The maximum atomic E-state index is 12.0. The van der Waals surface area contributed by atoms with Crippen molar-refractivity contribution in [3.05, 3.63) is 41.0 Å². The average molecular weight is 287 g/mol. The zero-order valence-corrected chi connectivity index (χ0v) is 11.6. The van der Waals surface area contributed by atoms with Crippen molar-refractivity contribution < 1.29 is 19.4 Å². The highest BCUT2D eigenvalue weighted by molar-refractivity contribution is 5.95. The van der Waals surface area contributed by atoms with Crippen LogP contribution in [-0.2, 0) is 4.74 Å². The topological polar surface area (TPSA) is 75.6 Å². The highest BCUT2D eigenvalue weighted by Gasteiger charge is 2.31. The number of carbonyl (C=O) groups is 2. The third kappa shape index (κ3) is 2.77. The molecule has 0 radical (unpaired) electrons. The van der Waals surface area contributed by atoms with Gasteiger partial charge in [0.1, 0.15) is 6.10 Å². The molecule has 1 unspecified atom stereocenters. The number of amides is 1. The quantitative estimate of drug-likeness (QED) is 0.834. The normalized spacial score (nSPS) is 19.9.